The maximum atomic E-state index is 13.3. The Morgan fingerprint density at radius 1 is 0.971 bits per heavy atom. The van der Waals surface area contributed by atoms with Crippen molar-refractivity contribution in [2.24, 2.45) is 0 Å². The third-order valence-corrected chi connectivity index (χ3v) is 7.02. The van der Waals surface area contributed by atoms with Gasteiger partial charge in [0.05, 0.1) is 21.8 Å². The summed E-state index contributed by atoms with van der Waals surface area (Å²) < 4.78 is 0.916. The van der Waals surface area contributed by atoms with E-state index in [0.29, 0.717) is 10.7 Å². The lowest BCUT2D eigenvalue weighted by molar-refractivity contribution is -0.132. The van der Waals surface area contributed by atoms with Crippen LogP contribution < -0.4 is 9.80 Å². The Labute approximate surface area is 201 Å². The molecule has 5 rings (SSSR count). The van der Waals surface area contributed by atoms with Crippen molar-refractivity contribution in [2.75, 3.05) is 23.9 Å². The Morgan fingerprint density at radius 2 is 1.65 bits per heavy atom. The Bertz CT molecular complexity index is 1400. The second-order valence-corrected chi connectivity index (χ2v) is 9.49. The third-order valence-electron chi connectivity index (χ3n) is 5.98. The largest absolute Gasteiger partial charge is 0.507 e. The lowest BCUT2D eigenvalue weighted by Gasteiger charge is -2.23. The van der Waals surface area contributed by atoms with Crippen LogP contribution in [0.5, 0.6) is 0 Å². The first-order valence-corrected chi connectivity index (χ1v) is 11.7. The molecule has 1 aliphatic heterocycles. The van der Waals surface area contributed by atoms with Gasteiger partial charge in [0.2, 0.25) is 0 Å². The molecule has 1 atom stereocenters. The first-order chi connectivity index (χ1) is 16.3. The number of fused-ring (bicyclic) bond motifs is 1. The second kappa shape index (κ2) is 8.43. The maximum Gasteiger partial charge on any atom is 0.301 e. The van der Waals surface area contributed by atoms with Gasteiger partial charge in [-0.1, -0.05) is 65.4 Å². The normalized spacial score (nSPS) is 17.5. The van der Waals surface area contributed by atoms with Gasteiger partial charge in [-0.2, -0.15) is 0 Å². The molecule has 34 heavy (non-hydrogen) atoms. The summed E-state index contributed by atoms with van der Waals surface area (Å²) in [6, 6.07) is 21.7. The zero-order valence-corrected chi connectivity index (χ0v) is 19.8. The number of nitrogens with zero attached hydrogens (tertiary/aromatic N) is 3. The number of aromatic nitrogens is 1. The monoisotopic (exact) mass is 469 g/mol. The number of aliphatic hydroxyl groups excluding tert-OH is 1. The highest BCUT2D eigenvalue weighted by molar-refractivity contribution is 7.22. The number of Topliss-reactive ketones (excluding diaryl/α,β-unsaturated/α-hetero) is 1. The lowest BCUT2D eigenvalue weighted by Crippen LogP contribution is -2.29. The molecule has 0 radical (unpaired) electrons. The number of anilines is 2. The third kappa shape index (κ3) is 3.64. The first kappa shape index (κ1) is 21.9. The molecular weight excluding hydrogens is 446 g/mol. The van der Waals surface area contributed by atoms with E-state index < -0.39 is 17.7 Å². The predicted octanol–water partition coefficient (Wildman–Crippen LogP) is 5.30. The molecule has 3 aromatic carbocycles. The number of ketones is 1. The Kier molecular flexibility index (Phi) is 5.42. The fourth-order valence-corrected chi connectivity index (χ4v) is 5.12. The van der Waals surface area contributed by atoms with Crippen molar-refractivity contribution in [1.29, 1.82) is 0 Å². The highest BCUT2D eigenvalue weighted by Crippen LogP contribution is 2.44. The molecule has 2 heterocycles. The lowest BCUT2D eigenvalue weighted by atomic mass is 9.95. The minimum atomic E-state index is -0.793. The van der Waals surface area contributed by atoms with Gasteiger partial charge < -0.3 is 10.0 Å². The molecule has 6 nitrogen and oxygen atoms in total. The number of hydrogen-bond donors (Lipinski definition) is 1. The minimum Gasteiger partial charge on any atom is -0.507 e. The molecule has 0 spiro atoms. The van der Waals surface area contributed by atoms with E-state index in [9.17, 15) is 14.7 Å². The van der Waals surface area contributed by atoms with Crippen LogP contribution in [-0.2, 0) is 9.59 Å². The topological polar surface area (TPSA) is 73.7 Å². The van der Waals surface area contributed by atoms with Gasteiger partial charge in [-0.05, 0) is 36.8 Å². The van der Waals surface area contributed by atoms with E-state index >= 15 is 0 Å². The number of benzene rings is 3. The molecule has 1 fully saturated rings. The van der Waals surface area contributed by atoms with Gasteiger partial charge >= 0.3 is 5.91 Å². The van der Waals surface area contributed by atoms with Crippen LogP contribution in [0.3, 0.4) is 0 Å². The highest BCUT2D eigenvalue weighted by Gasteiger charge is 2.48. The van der Waals surface area contributed by atoms with Crippen LogP contribution in [0.15, 0.2) is 78.4 Å². The average molecular weight is 470 g/mol. The fourth-order valence-electron chi connectivity index (χ4n) is 4.13. The van der Waals surface area contributed by atoms with Gasteiger partial charge in [0.15, 0.2) is 5.13 Å². The average Bonchev–Trinajstić information content (AvgIpc) is 3.37. The van der Waals surface area contributed by atoms with Gasteiger partial charge in [0.25, 0.3) is 5.78 Å². The number of rotatable bonds is 4. The molecule has 1 N–H and O–H groups in total. The van der Waals surface area contributed by atoms with E-state index in [4.69, 9.17) is 0 Å². The summed E-state index contributed by atoms with van der Waals surface area (Å²) in [5.74, 6) is -1.61. The fraction of sp³-hybridized carbons (Fsp3) is 0.148. The van der Waals surface area contributed by atoms with Crippen molar-refractivity contribution < 1.29 is 14.7 Å². The van der Waals surface area contributed by atoms with Gasteiger partial charge in [0.1, 0.15) is 5.76 Å². The number of aliphatic hydroxyl groups is 1. The number of carbonyl (C=O) groups is 2. The molecule has 1 saturated heterocycles. The van der Waals surface area contributed by atoms with Crippen LogP contribution in [0.2, 0.25) is 0 Å². The van der Waals surface area contributed by atoms with Gasteiger partial charge in [0, 0.05) is 25.3 Å². The van der Waals surface area contributed by atoms with Gasteiger partial charge in [-0.25, -0.2) is 4.98 Å². The van der Waals surface area contributed by atoms with Crippen molar-refractivity contribution >= 4 is 49.8 Å². The summed E-state index contributed by atoms with van der Waals surface area (Å²) >= 11 is 1.35. The Balaban J connectivity index is 1.71. The summed E-state index contributed by atoms with van der Waals surface area (Å²) in [5, 5.41) is 11.7. The molecule has 4 aromatic rings. The SMILES string of the molecule is Cc1ccc(/C(O)=C2\C(=O)C(=O)N(c3nc4ccccc4s3)C2c2ccc(N(C)C)cc2)cc1. The van der Waals surface area contributed by atoms with E-state index in [0.717, 1.165) is 27.0 Å². The summed E-state index contributed by atoms with van der Waals surface area (Å²) in [7, 11) is 3.89. The van der Waals surface area contributed by atoms with E-state index in [2.05, 4.69) is 4.98 Å². The summed E-state index contributed by atoms with van der Waals surface area (Å²) in [5.41, 5.74) is 4.04. The summed E-state index contributed by atoms with van der Waals surface area (Å²) in [4.78, 5) is 34.7. The number of hydrogen-bond acceptors (Lipinski definition) is 6. The highest BCUT2D eigenvalue weighted by atomic mass is 32.1. The zero-order valence-electron chi connectivity index (χ0n) is 19.0. The van der Waals surface area contributed by atoms with Crippen molar-refractivity contribution in [3.63, 3.8) is 0 Å². The standard InChI is InChI=1S/C27H23N3O3S/c1-16-8-10-18(11-9-16)24(31)22-23(17-12-14-19(15-13-17)29(2)3)30(26(33)25(22)32)27-28-20-6-4-5-7-21(20)34-27/h4-15,23,31H,1-3H3/b24-22+. The van der Waals surface area contributed by atoms with Crippen LogP contribution in [-0.4, -0.2) is 35.9 Å². The smallest absolute Gasteiger partial charge is 0.301 e. The number of thiazole rings is 1. The molecule has 0 aliphatic carbocycles. The molecule has 1 aliphatic rings. The Hall–Kier alpha value is -3.97. The quantitative estimate of drug-likeness (QED) is 0.250. The molecule has 1 unspecified atom stereocenters. The summed E-state index contributed by atoms with van der Waals surface area (Å²) in [6.07, 6.45) is 0. The molecule has 170 valence electrons. The Morgan fingerprint density at radius 3 is 2.29 bits per heavy atom. The van der Waals surface area contributed by atoms with Crippen molar-refractivity contribution in [2.45, 2.75) is 13.0 Å². The first-order valence-electron chi connectivity index (χ1n) is 10.9. The van der Waals surface area contributed by atoms with Crippen LogP contribution in [0, 0.1) is 6.92 Å². The summed E-state index contributed by atoms with van der Waals surface area (Å²) in [6.45, 7) is 1.95. The van der Waals surface area contributed by atoms with Crippen LogP contribution in [0.25, 0.3) is 16.0 Å². The molecule has 7 heteroatoms. The number of amides is 1. The van der Waals surface area contributed by atoms with Gasteiger partial charge in [-0.3, -0.25) is 14.5 Å². The zero-order chi connectivity index (χ0) is 24.0. The molecule has 0 saturated carbocycles. The molecular formula is C27H23N3O3S. The number of aryl methyl sites for hydroxylation is 1. The molecule has 1 aromatic heterocycles. The van der Waals surface area contributed by atoms with Crippen molar-refractivity contribution in [3.8, 4) is 0 Å². The van der Waals surface area contributed by atoms with Crippen molar-refractivity contribution in [3.05, 3.63) is 95.1 Å². The van der Waals surface area contributed by atoms with Crippen LogP contribution in [0.4, 0.5) is 10.8 Å². The number of para-hydroxylation sites is 1. The van der Waals surface area contributed by atoms with E-state index in [1.54, 1.807) is 12.1 Å². The minimum absolute atomic E-state index is 0.0608. The number of carbonyl (C=O) groups excluding carboxylic acids is 2. The van der Waals surface area contributed by atoms with Crippen LogP contribution in [0.1, 0.15) is 22.7 Å². The van der Waals surface area contributed by atoms with E-state index in [1.165, 1.54) is 16.2 Å². The molecule has 0 bridgehead atoms. The second-order valence-electron chi connectivity index (χ2n) is 8.49. The van der Waals surface area contributed by atoms with Gasteiger partial charge in [-0.15, -0.1) is 0 Å². The molecule has 1 amide bonds. The maximum absolute atomic E-state index is 13.3. The van der Waals surface area contributed by atoms with E-state index in [1.807, 2.05) is 86.6 Å². The predicted molar refractivity (Wildman–Crippen MR) is 136 cm³/mol. The van der Waals surface area contributed by atoms with Crippen LogP contribution >= 0.6 is 11.3 Å². The van der Waals surface area contributed by atoms with E-state index in [-0.39, 0.29) is 11.3 Å². The van der Waals surface area contributed by atoms with Crippen molar-refractivity contribution in [1.82, 2.24) is 4.98 Å².